The van der Waals surface area contributed by atoms with Crippen molar-refractivity contribution in [2.75, 3.05) is 26.1 Å². The van der Waals surface area contributed by atoms with Gasteiger partial charge in [-0.25, -0.2) is 0 Å². The van der Waals surface area contributed by atoms with E-state index in [0.29, 0.717) is 41.6 Å². The van der Waals surface area contributed by atoms with Crippen LogP contribution in [0.5, 0.6) is 11.5 Å². The van der Waals surface area contributed by atoms with Crippen LogP contribution in [0.3, 0.4) is 0 Å². The summed E-state index contributed by atoms with van der Waals surface area (Å²) in [4.78, 5) is 30.9. The summed E-state index contributed by atoms with van der Waals surface area (Å²) in [7, 11) is 3.22. The van der Waals surface area contributed by atoms with Crippen LogP contribution in [0.2, 0.25) is 0 Å². The van der Waals surface area contributed by atoms with Crippen LogP contribution in [-0.4, -0.2) is 42.5 Å². The van der Waals surface area contributed by atoms with Gasteiger partial charge in [0.1, 0.15) is 5.76 Å². The predicted octanol–water partition coefficient (Wildman–Crippen LogP) is 5.90. The van der Waals surface area contributed by atoms with Gasteiger partial charge in [-0.05, 0) is 72.1 Å². The molecule has 0 saturated heterocycles. The molecule has 0 fully saturated rings. The molecule has 0 unspecified atom stereocenters. The summed E-state index contributed by atoms with van der Waals surface area (Å²) in [5.74, 6) is 1.85. The predicted molar refractivity (Wildman–Crippen MR) is 148 cm³/mol. The normalized spacial score (nSPS) is 12.7. The molecule has 0 aliphatic carbocycles. The van der Waals surface area contributed by atoms with Crippen LogP contribution in [0, 0.1) is 0 Å². The Balaban J connectivity index is 1.14. The van der Waals surface area contributed by atoms with Crippen LogP contribution >= 0.6 is 0 Å². The third-order valence-corrected chi connectivity index (χ3v) is 7.08. The van der Waals surface area contributed by atoms with Crippen molar-refractivity contribution in [3.8, 4) is 22.8 Å². The Morgan fingerprint density at radius 3 is 2.44 bits per heavy atom. The van der Waals surface area contributed by atoms with Gasteiger partial charge in [0.05, 0.1) is 19.8 Å². The number of aromatic nitrogens is 1. The lowest BCUT2D eigenvalue weighted by molar-refractivity contribution is 0.0703. The van der Waals surface area contributed by atoms with E-state index in [4.69, 9.17) is 13.9 Å². The van der Waals surface area contributed by atoms with Crippen molar-refractivity contribution in [2.45, 2.75) is 13.0 Å². The largest absolute Gasteiger partial charge is 0.493 e. The Morgan fingerprint density at radius 1 is 0.923 bits per heavy atom. The molecule has 0 atom stereocenters. The number of furan rings is 1. The van der Waals surface area contributed by atoms with E-state index >= 15 is 0 Å². The topological polar surface area (TPSA) is 96.8 Å². The van der Waals surface area contributed by atoms with E-state index in [9.17, 15) is 9.59 Å². The maximum Gasteiger partial charge on any atom is 0.289 e. The number of nitrogens with one attached hydrogen (secondary N) is 2. The summed E-state index contributed by atoms with van der Waals surface area (Å²) in [5, 5.41) is 3.81. The molecule has 2 aromatic heterocycles. The molecule has 0 spiro atoms. The first-order chi connectivity index (χ1) is 19.0. The van der Waals surface area contributed by atoms with Crippen LogP contribution in [-0.2, 0) is 13.0 Å². The highest BCUT2D eigenvalue weighted by Crippen LogP contribution is 2.34. The van der Waals surface area contributed by atoms with Gasteiger partial charge in [0.15, 0.2) is 17.3 Å². The van der Waals surface area contributed by atoms with Crippen molar-refractivity contribution in [1.82, 2.24) is 9.88 Å². The molecule has 39 heavy (non-hydrogen) atoms. The summed E-state index contributed by atoms with van der Waals surface area (Å²) in [6, 6.07) is 22.4. The molecule has 0 bridgehead atoms. The molecule has 6 rings (SSSR count). The number of benzene rings is 3. The van der Waals surface area contributed by atoms with E-state index in [0.717, 1.165) is 34.0 Å². The molecule has 0 saturated carbocycles. The molecule has 3 aromatic carbocycles. The Bertz CT molecular complexity index is 1680. The van der Waals surface area contributed by atoms with Gasteiger partial charge in [0, 0.05) is 41.4 Å². The minimum absolute atomic E-state index is 0.163. The summed E-state index contributed by atoms with van der Waals surface area (Å²) in [6.07, 6.45) is 2.44. The van der Waals surface area contributed by atoms with Crippen LogP contribution in [0.1, 0.15) is 32.0 Å². The molecule has 8 heteroatoms. The summed E-state index contributed by atoms with van der Waals surface area (Å²) in [6.45, 7) is 1.05. The average molecular weight is 522 g/mol. The molecular formula is C31H27N3O5. The Hall–Kier alpha value is -4.98. The number of ether oxygens (including phenoxy) is 2. The van der Waals surface area contributed by atoms with Crippen molar-refractivity contribution < 1.29 is 23.5 Å². The summed E-state index contributed by atoms with van der Waals surface area (Å²) >= 11 is 0. The Morgan fingerprint density at radius 2 is 1.67 bits per heavy atom. The molecule has 5 aromatic rings. The second kappa shape index (κ2) is 10.1. The molecule has 2 N–H and O–H groups in total. The second-order valence-corrected chi connectivity index (χ2v) is 9.40. The zero-order valence-electron chi connectivity index (χ0n) is 21.6. The van der Waals surface area contributed by atoms with Crippen LogP contribution < -0.4 is 14.8 Å². The number of hydrogen-bond acceptors (Lipinski definition) is 5. The highest BCUT2D eigenvalue weighted by molar-refractivity contribution is 6.12. The van der Waals surface area contributed by atoms with Crippen molar-refractivity contribution in [3.05, 3.63) is 101 Å². The zero-order chi connectivity index (χ0) is 26.9. The Labute approximate surface area is 225 Å². The van der Waals surface area contributed by atoms with Gasteiger partial charge in [-0.15, -0.1) is 0 Å². The van der Waals surface area contributed by atoms with E-state index < -0.39 is 0 Å². The van der Waals surface area contributed by atoms with E-state index in [1.165, 1.54) is 0 Å². The van der Waals surface area contributed by atoms with Crippen LogP contribution in [0.15, 0.2) is 83.4 Å². The van der Waals surface area contributed by atoms with Gasteiger partial charge >= 0.3 is 0 Å². The number of carbonyl (C=O) groups excluding carboxylic acids is 2. The van der Waals surface area contributed by atoms with Crippen molar-refractivity contribution >= 4 is 28.4 Å². The first-order valence-electron chi connectivity index (χ1n) is 12.6. The van der Waals surface area contributed by atoms with Gasteiger partial charge in [0.2, 0.25) is 0 Å². The third kappa shape index (κ3) is 4.61. The van der Waals surface area contributed by atoms with Crippen LogP contribution in [0.25, 0.3) is 22.2 Å². The van der Waals surface area contributed by atoms with Crippen molar-refractivity contribution in [1.29, 1.82) is 0 Å². The number of nitrogens with zero attached hydrogens (tertiary/aromatic N) is 1. The molecule has 3 heterocycles. The fourth-order valence-corrected chi connectivity index (χ4v) is 5.00. The van der Waals surface area contributed by atoms with E-state index in [2.05, 4.69) is 10.3 Å². The zero-order valence-corrected chi connectivity index (χ0v) is 21.6. The third-order valence-electron chi connectivity index (χ3n) is 7.08. The minimum Gasteiger partial charge on any atom is -0.493 e. The summed E-state index contributed by atoms with van der Waals surface area (Å²) in [5.41, 5.74) is 5.14. The number of methoxy groups -OCH3 is 2. The smallest absolute Gasteiger partial charge is 0.289 e. The highest BCUT2D eigenvalue weighted by atomic mass is 16.5. The fraction of sp³-hybridized carbons (Fsp3) is 0.161. The minimum atomic E-state index is -0.190. The SMILES string of the molecule is COc1cc2c(cc1OC)CN(C(=O)c1ccc(-c3ccc(NC(=O)c4c[nH]c5ccccc45)cc3)o1)CC2. The van der Waals surface area contributed by atoms with E-state index in [1.807, 2.05) is 60.7 Å². The molecule has 196 valence electrons. The standard InChI is InChI=1S/C31H27N3O5/c1-37-28-15-20-13-14-34(18-21(20)16-29(28)38-2)31(36)27-12-11-26(39-27)19-7-9-22(10-8-19)33-30(35)24-17-32-25-6-4-3-5-23(24)25/h3-12,15-17,32H,13-14,18H2,1-2H3,(H,33,35). The molecule has 1 aliphatic heterocycles. The van der Waals surface area contributed by atoms with E-state index in [-0.39, 0.29) is 17.6 Å². The van der Waals surface area contributed by atoms with E-state index in [1.54, 1.807) is 37.4 Å². The number of hydrogen-bond donors (Lipinski definition) is 2. The van der Waals surface area contributed by atoms with Crippen molar-refractivity contribution in [2.24, 2.45) is 0 Å². The quantitative estimate of drug-likeness (QED) is 0.290. The second-order valence-electron chi connectivity index (χ2n) is 9.40. The molecule has 1 aliphatic rings. The van der Waals surface area contributed by atoms with Gasteiger partial charge < -0.3 is 29.1 Å². The maximum absolute atomic E-state index is 13.2. The number of amides is 2. The van der Waals surface area contributed by atoms with Gasteiger partial charge in [-0.1, -0.05) is 18.2 Å². The van der Waals surface area contributed by atoms with Gasteiger partial charge in [0.25, 0.3) is 11.8 Å². The number of fused-ring (bicyclic) bond motifs is 2. The molecule has 2 amide bonds. The maximum atomic E-state index is 13.2. The summed E-state index contributed by atoms with van der Waals surface area (Å²) < 4.78 is 16.8. The van der Waals surface area contributed by atoms with Gasteiger partial charge in [-0.2, -0.15) is 0 Å². The number of aromatic amines is 1. The Kier molecular flexibility index (Phi) is 6.28. The number of carbonyl (C=O) groups is 2. The first kappa shape index (κ1) is 24.4. The number of rotatable bonds is 6. The molecule has 0 radical (unpaired) electrons. The lowest BCUT2D eigenvalue weighted by Gasteiger charge is -2.29. The first-order valence-corrected chi connectivity index (χ1v) is 12.6. The van der Waals surface area contributed by atoms with Gasteiger partial charge in [-0.3, -0.25) is 9.59 Å². The van der Waals surface area contributed by atoms with Crippen molar-refractivity contribution in [3.63, 3.8) is 0 Å². The lowest BCUT2D eigenvalue weighted by atomic mass is 9.98. The molecule has 8 nitrogen and oxygen atoms in total. The fourth-order valence-electron chi connectivity index (χ4n) is 5.00. The number of para-hydroxylation sites is 1. The number of H-pyrrole nitrogens is 1. The lowest BCUT2D eigenvalue weighted by Crippen LogP contribution is -2.35. The van der Waals surface area contributed by atoms with Crippen LogP contribution in [0.4, 0.5) is 5.69 Å². The highest BCUT2D eigenvalue weighted by Gasteiger charge is 2.26. The molecular weight excluding hydrogens is 494 g/mol. The monoisotopic (exact) mass is 521 g/mol. The number of anilines is 1. The average Bonchev–Trinajstić information content (AvgIpc) is 3.64.